The summed E-state index contributed by atoms with van der Waals surface area (Å²) < 4.78 is 2.81. The van der Waals surface area contributed by atoms with Gasteiger partial charge in [0.2, 0.25) is 0 Å². The first-order chi connectivity index (χ1) is 9.62. The van der Waals surface area contributed by atoms with E-state index in [4.69, 9.17) is 0 Å². The van der Waals surface area contributed by atoms with Gasteiger partial charge in [-0.15, -0.1) is 0 Å². The minimum atomic E-state index is -2.31. The first kappa shape index (κ1) is 16.1. The number of pyridine rings is 2. The van der Waals surface area contributed by atoms with Gasteiger partial charge in [0, 0.05) is 0 Å². The monoisotopic (exact) mass is 394 g/mol. The average Bonchev–Trinajstić information content (AvgIpc) is 2.37. The SMILES string of the molecule is Cc1cn[c]([Sn]([CH3])([CH3])[CH3])cc1-n1c(C)cc(O)c(C)c1=O. The van der Waals surface area contributed by atoms with Crippen molar-refractivity contribution in [2.45, 2.75) is 35.6 Å². The Balaban J connectivity index is 2.80. The molecule has 0 unspecified atom stereocenters. The van der Waals surface area contributed by atoms with E-state index in [0.29, 0.717) is 5.56 Å². The fourth-order valence-electron chi connectivity index (χ4n) is 2.27. The second-order valence-corrected chi connectivity index (χ2v) is 20.8. The second-order valence-electron chi connectivity index (χ2n) is 6.54. The Morgan fingerprint density at radius 1 is 1.14 bits per heavy atom. The Kier molecular flexibility index (Phi) is 4.19. The molecule has 5 heteroatoms. The van der Waals surface area contributed by atoms with E-state index >= 15 is 0 Å². The summed E-state index contributed by atoms with van der Waals surface area (Å²) in [6, 6.07) is 3.69. The van der Waals surface area contributed by atoms with E-state index in [9.17, 15) is 9.90 Å². The zero-order valence-electron chi connectivity index (χ0n) is 13.5. The maximum absolute atomic E-state index is 12.5. The van der Waals surface area contributed by atoms with Gasteiger partial charge in [0.05, 0.1) is 0 Å². The zero-order valence-corrected chi connectivity index (χ0v) is 16.3. The second kappa shape index (κ2) is 5.48. The Bertz CT molecular complexity index is 758. The molecule has 2 heterocycles. The summed E-state index contributed by atoms with van der Waals surface area (Å²) in [6.45, 7) is 5.44. The molecule has 0 aliphatic rings. The van der Waals surface area contributed by atoms with E-state index in [-0.39, 0.29) is 11.3 Å². The molecule has 1 N–H and O–H groups in total. The number of hydrogen-bond acceptors (Lipinski definition) is 3. The number of hydrogen-bond donors (Lipinski definition) is 1. The minimum absolute atomic E-state index is 0.0516. The molecule has 2 rings (SSSR count). The molecular formula is C16H22N2O2Sn. The van der Waals surface area contributed by atoms with Crippen LogP contribution in [0.4, 0.5) is 0 Å². The molecule has 0 spiro atoms. The molecule has 0 aromatic carbocycles. The van der Waals surface area contributed by atoms with Crippen LogP contribution in [0.2, 0.25) is 14.8 Å². The van der Waals surface area contributed by atoms with Crippen LogP contribution < -0.4 is 9.27 Å². The van der Waals surface area contributed by atoms with Crippen LogP contribution in [0.1, 0.15) is 16.8 Å². The maximum atomic E-state index is 12.5. The number of aromatic hydroxyl groups is 1. The number of aryl methyl sites for hydroxylation is 2. The van der Waals surface area contributed by atoms with Gasteiger partial charge < -0.3 is 0 Å². The van der Waals surface area contributed by atoms with Crippen LogP contribution in [0.3, 0.4) is 0 Å². The van der Waals surface area contributed by atoms with Crippen molar-refractivity contribution in [3.05, 3.63) is 45.5 Å². The van der Waals surface area contributed by atoms with E-state index in [0.717, 1.165) is 20.7 Å². The molecule has 0 fully saturated rings. The Morgan fingerprint density at radius 2 is 1.76 bits per heavy atom. The molecule has 0 radical (unpaired) electrons. The van der Waals surface area contributed by atoms with Crippen LogP contribution in [0, 0.1) is 20.8 Å². The van der Waals surface area contributed by atoms with Gasteiger partial charge in [-0.25, -0.2) is 0 Å². The number of aromatic nitrogens is 2. The summed E-state index contributed by atoms with van der Waals surface area (Å²) in [5.41, 5.74) is 2.77. The van der Waals surface area contributed by atoms with E-state index in [1.165, 1.54) is 0 Å². The van der Waals surface area contributed by atoms with Crippen LogP contribution in [0.15, 0.2) is 23.1 Å². The third-order valence-electron chi connectivity index (χ3n) is 3.69. The predicted octanol–water partition coefficient (Wildman–Crippen LogP) is 2.41. The first-order valence-corrected chi connectivity index (χ1v) is 17.0. The summed E-state index contributed by atoms with van der Waals surface area (Å²) in [7, 11) is 0. The van der Waals surface area contributed by atoms with Crippen molar-refractivity contribution in [3.8, 4) is 11.4 Å². The fourth-order valence-corrected chi connectivity index (χ4v) is 5.19. The standard InChI is InChI=1S/C13H13N2O2.3CH3.Sn/c1-8-7-14-5-4-11(8)15-9(2)6-12(16)10(3)13(15)17;;;;/h4,6-7,16H,1-3H3;3*1H3;. The molecule has 0 saturated carbocycles. The molecule has 2 aromatic rings. The van der Waals surface area contributed by atoms with E-state index in [2.05, 4.69) is 25.9 Å². The fraction of sp³-hybridized carbons (Fsp3) is 0.375. The van der Waals surface area contributed by atoms with Crippen LogP contribution >= 0.6 is 0 Å². The van der Waals surface area contributed by atoms with Crippen molar-refractivity contribution in [1.29, 1.82) is 0 Å². The molecule has 0 bridgehead atoms. The third-order valence-corrected chi connectivity index (χ3v) is 8.86. The Hall–Kier alpha value is -1.30. The molecule has 21 heavy (non-hydrogen) atoms. The van der Waals surface area contributed by atoms with Crippen LogP contribution in [-0.2, 0) is 0 Å². The topological polar surface area (TPSA) is 55.1 Å². The molecule has 112 valence electrons. The van der Waals surface area contributed by atoms with Gasteiger partial charge >= 0.3 is 129 Å². The van der Waals surface area contributed by atoms with Crippen LogP contribution in [0.5, 0.6) is 5.75 Å². The quantitative estimate of drug-likeness (QED) is 0.798. The summed E-state index contributed by atoms with van der Waals surface area (Å²) in [6.07, 6.45) is 1.85. The molecule has 0 atom stereocenters. The molecule has 0 aliphatic carbocycles. The van der Waals surface area contributed by atoms with Crippen molar-refractivity contribution in [1.82, 2.24) is 9.55 Å². The van der Waals surface area contributed by atoms with Crippen LogP contribution in [0.25, 0.3) is 5.69 Å². The molecule has 0 saturated heterocycles. The van der Waals surface area contributed by atoms with Gasteiger partial charge in [-0.3, -0.25) is 0 Å². The van der Waals surface area contributed by atoms with Gasteiger partial charge in [-0.1, -0.05) is 0 Å². The Labute approximate surface area is 129 Å². The van der Waals surface area contributed by atoms with Crippen molar-refractivity contribution in [2.24, 2.45) is 0 Å². The molecule has 0 aliphatic heterocycles. The number of rotatable bonds is 2. The summed E-state index contributed by atoms with van der Waals surface area (Å²) >= 11 is -2.31. The van der Waals surface area contributed by atoms with Gasteiger partial charge in [-0.05, 0) is 0 Å². The molecular weight excluding hydrogens is 371 g/mol. The van der Waals surface area contributed by atoms with Crippen molar-refractivity contribution >= 4 is 22.1 Å². The van der Waals surface area contributed by atoms with E-state index in [1.807, 2.05) is 20.0 Å². The van der Waals surface area contributed by atoms with Gasteiger partial charge in [0.15, 0.2) is 0 Å². The van der Waals surface area contributed by atoms with Crippen molar-refractivity contribution in [3.63, 3.8) is 0 Å². The Morgan fingerprint density at radius 3 is 2.33 bits per heavy atom. The zero-order chi connectivity index (χ0) is 15.9. The third kappa shape index (κ3) is 3.00. The van der Waals surface area contributed by atoms with Crippen molar-refractivity contribution < 1.29 is 5.11 Å². The summed E-state index contributed by atoms with van der Waals surface area (Å²) in [5, 5.41) is 9.79. The van der Waals surface area contributed by atoms with Gasteiger partial charge in [-0.2, -0.15) is 0 Å². The van der Waals surface area contributed by atoms with E-state index < -0.39 is 18.4 Å². The van der Waals surface area contributed by atoms with Gasteiger partial charge in [0.25, 0.3) is 0 Å². The van der Waals surface area contributed by atoms with Gasteiger partial charge in [0.1, 0.15) is 0 Å². The average molecular weight is 393 g/mol. The first-order valence-electron chi connectivity index (χ1n) is 7.02. The number of nitrogens with zero attached hydrogens (tertiary/aromatic N) is 2. The van der Waals surface area contributed by atoms with E-state index in [1.54, 1.807) is 17.6 Å². The predicted molar refractivity (Wildman–Crippen MR) is 88.7 cm³/mol. The normalized spacial score (nSPS) is 11.7. The summed E-state index contributed by atoms with van der Waals surface area (Å²) in [5.74, 6) is 0.0516. The summed E-state index contributed by atoms with van der Waals surface area (Å²) in [4.78, 5) is 24.0. The molecule has 0 amide bonds. The molecule has 2 aromatic heterocycles. The van der Waals surface area contributed by atoms with Crippen LogP contribution in [-0.4, -0.2) is 33.0 Å². The van der Waals surface area contributed by atoms with Crippen molar-refractivity contribution in [2.75, 3.05) is 0 Å². The molecule has 4 nitrogen and oxygen atoms in total.